The van der Waals surface area contributed by atoms with E-state index in [-0.39, 0.29) is 23.9 Å². The second kappa shape index (κ2) is 6.73. The Balaban J connectivity index is 1.54. The van der Waals surface area contributed by atoms with Crippen molar-refractivity contribution in [1.82, 2.24) is 19.4 Å². The Morgan fingerprint density at radius 1 is 1.13 bits per heavy atom. The summed E-state index contributed by atoms with van der Waals surface area (Å²) in [5.41, 5.74) is 3.88. The predicted molar refractivity (Wildman–Crippen MR) is 117 cm³/mol. The molecule has 2 amide bonds. The minimum absolute atomic E-state index is 0.0162. The van der Waals surface area contributed by atoms with Gasteiger partial charge in [-0.25, -0.2) is 4.98 Å². The number of rotatable bonds is 3. The lowest BCUT2D eigenvalue weighted by Gasteiger charge is -2.30. The summed E-state index contributed by atoms with van der Waals surface area (Å²) in [7, 11) is 0. The fourth-order valence-corrected chi connectivity index (χ4v) is 4.27. The van der Waals surface area contributed by atoms with Crippen LogP contribution in [0.4, 0.5) is 5.95 Å². The van der Waals surface area contributed by atoms with E-state index in [0.29, 0.717) is 23.8 Å². The van der Waals surface area contributed by atoms with Crippen LogP contribution in [-0.4, -0.2) is 32.0 Å². The average Bonchev–Trinajstić information content (AvgIpc) is 3.29. The summed E-state index contributed by atoms with van der Waals surface area (Å²) in [4.78, 5) is 30.0. The highest BCUT2D eigenvalue weighted by atomic mass is 16.2. The van der Waals surface area contributed by atoms with Crippen molar-refractivity contribution in [2.45, 2.75) is 39.4 Å². The first-order valence-electron chi connectivity index (χ1n) is 10.2. The van der Waals surface area contributed by atoms with E-state index >= 15 is 0 Å². The second-order valence-corrected chi connectivity index (χ2v) is 7.80. The quantitative estimate of drug-likeness (QED) is 0.545. The van der Waals surface area contributed by atoms with Gasteiger partial charge in [0.2, 0.25) is 5.95 Å². The van der Waals surface area contributed by atoms with Crippen LogP contribution in [0.1, 0.15) is 47.7 Å². The van der Waals surface area contributed by atoms with Gasteiger partial charge in [-0.1, -0.05) is 18.2 Å². The largest absolute Gasteiger partial charge is 0.346 e. The van der Waals surface area contributed by atoms with Crippen LogP contribution in [0.5, 0.6) is 0 Å². The SMILES string of the molecule is CCn1c(NC(=O)c2ccc3cc4n(c3c2)[C@@H](C)[C@@H](C)NC4=O)nc2ccccc21. The molecule has 30 heavy (non-hydrogen) atoms. The molecule has 1 aliphatic heterocycles. The summed E-state index contributed by atoms with van der Waals surface area (Å²) in [6.07, 6.45) is 0. The van der Waals surface area contributed by atoms with E-state index < -0.39 is 0 Å². The maximum absolute atomic E-state index is 13.0. The summed E-state index contributed by atoms with van der Waals surface area (Å²) < 4.78 is 4.01. The molecular weight excluding hydrogens is 378 g/mol. The van der Waals surface area contributed by atoms with E-state index in [2.05, 4.69) is 22.5 Å². The zero-order valence-electron chi connectivity index (χ0n) is 17.1. The normalized spacial score (nSPS) is 18.4. The number of carbonyl (C=O) groups excluding carboxylic acids is 2. The van der Waals surface area contributed by atoms with Gasteiger partial charge in [-0.15, -0.1) is 0 Å². The smallest absolute Gasteiger partial charge is 0.268 e. The summed E-state index contributed by atoms with van der Waals surface area (Å²) in [6.45, 7) is 6.79. The van der Waals surface area contributed by atoms with E-state index in [1.165, 1.54) is 0 Å². The van der Waals surface area contributed by atoms with E-state index in [0.717, 1.165) is 21.9 Å². The standard InChI is InChI=1S/C23H23N5O2/c1-4-27-18-8-6-5-7-17(18)25-23(27)26-21(29)16-10-9-15-11-20-22(30)24-13(2)14(3)28(20)19(15)12-16/h5-14H,4H2,1-3H3,(H,24,30)(H,25,26,29)/t13-,14+/m1/s1. The van der Waals surface area contributed by atoms with Crippen LogP contribution in [0.15, 0.2) is 48.5 Å². The number of hydrogen-bond acceptors (Lipinski definition) is 3. The molecular formula is C23H23N5O2. The monoisotopic (exact) mass is 401 g/mol. The first kappa shape index (κ1) is 18.4. The molecule has 7 heteroatoms. The summed E-state index contributed by atoms with van der Waals surface area (Å²) >= 11 is 0. The van der Waals surface area contributed by atoms with E-state index in [9.17, 15) is 9.59 Å². The molecule has 2 atom stereocenters. The van der Waals surface area contributed by atoms with E-state index in [1.807, 2.05) is 65.4 Å². The number of fused-ring (bicyclic) bond motifs is 4. The number of nitrogens with one attached hydrogen (secondary N) is 2. The van der Waals surface area contributed by atoms with Crippen LogP contribution in [0.2, 0.25) is 0 Å². The number of hydrogen-bond donors (Lipinski definition) is 2. The minimum Gasteiger partial charge on any atom is -0.346 e. The average molecular weight is 401 g/mol. The van der Waals surface area contributed by atoms with Gasteiger partial charge in [0.15, 0.2) is 0 Å². The van der Waals surface area contributed by atoms with Gasteiger partial charge in [0.1, 0.15) is 5.69 Å². The highest BCUT2D eigenvalue weighted by Crippen LogP contribution is 2.30. The van der Waals surface area contributed by atoms with Crippen LogP contribution >= 0.6 is 0 Å². The van der Waals surface area contributed by atoms with Crippen molar-refractivity contribution in [2.75, 3.05) is 5.32 Å². The van der Waals surface area contributed by atoms with E-state index in [1.54, 1.807) is 6.07 Å². The molecule has 0 spiro atoms. The maximum atomic E-state index is 13.0. The number of para-hydroxylation sites is 2. The maximum Gasteiger partial charge on any atom is 0.268 e. The third-order valence-electron chi connectivity index (χ3n) is 6.02. The summed E-state index contributed by atoms with van der Waals surface area (Å²) in [5, 5.41) is 6.89. The van der Waals surface area contributed by atoms with Gasteiger partial charge in [-0.05, 0) is 51.1 Å². The molecule has 3 heterocycles. The summed E-state index contributed by atoms with van der Waals surface area (Å²) in [5.74, 6) is 0.222. The van der Waals surface area contributed by atoms with Crippen molar-refractivity contribution >= 4 is 39.7 Å². The number of carbonyl (C=O) groups is 2. The van der Waals surface area contributed by atoms with Gasteiger partial charge < -0.3 is 14.5 Å². The fourth-order valence-electron chi connectivity index (χ4n) is 4.27. The van der Waals surface area contributed by atoms with Gasteiger partial charge in [-0.3, -0.25) is 14.9 Å². The molecule has 0 unspecified atom stereocenters. The topological polar surface area (TPSA) is 81.0 Å². The first-order chi connectivity index (χ1) is 14.5. The molecule has 2 aromatic carbocycles. The number of nitrogens with zero attached hydrogens (tertiary/aromatic N) is 3. The molecule has 152 valence electrons. The van der Waals surface area contributed by atoms with Crippen molar-refractivity contribution in [3.63, 3.8) is 0 Å². The molecule has 5 rings (SSSR count). The molecule has 0 saturated heterocycles. The number of imidazole rings is 1. The number of amides is 2. The first-order valence-corrected chi connectivity index (χ1v) is 10.2. The van der Waals surface area contributed by atoms with Crippen LogP contribution in [0, 0.1) is 0 Å². The predicted octanol–water partition coefficient (Wildman–Crippen LogP) is 3.96. The van der Waals surface area contributed by atoms with Crippen molar-refractivity contribution < 1.29 is 9.59 Å². The molecule has 0 radical (unpaired) electrons. The Labute approximate surface area is 173 Å². The number of benzene rings is 2. The third kappa shape index (κ3) is 2.69. The fraction of sp³-hybridized carbons (Fsp3) is 0.261. The molecule has 2 N–H and O–H groups in total. The molecule has 0 aliphatic carbocycles. The molecule has 2 aromatic heterocycles. The zero-order chi connectivity index (χ0) is 21.0. The molecule has 0 saturated carbocycles. The zero-order valence-corrected chi connectivity index (χ0v) is 17.1. The van der Waals surface area contributed by atoms with Crippen molar-refractivity contribution in [1.29, 1.82) is 0 Å². The lowest BCUT2D eigenvalue weighted by Crippen LogP contribution is -2.44. The Morgan fingerprint density at radius 2 is 1.93 bits per heavy atom. The molecule has 4 aromatic rings. The molecule has 0 fully saturated rings. The second-order valence-electron chi connectivity index (χ2n) is 7.80. The molecule has 0 bridgehead atoms. The van der Waals surface area contributed by atoms with Crippen LogP contribution in [0.3, 0.4) is 0 Å². The van der Waals surface area contributed by atoms with Gasteiger partial charge >= 0.3 is 0 Å². The van der Waals surface area contributed by atoms with Crippen molar-refractivity contribution in [3.8, 4) is 0 Å². The number of aromatic nitrogens is 3. The van der Waals surface area contributed by atoms with Crippen LogP contribution in [0.25, 0.3) is 21.9 Å². The van der Waals surface area contributed by atoms with Crippen molar-refractivity contribution in [2.24, 2.45) is 0 Å². The van der Waals surface area contributed by atoms with Gasteiger partial charge in [0.25, 0.3) is 11.8 Å². The highest BCUT2D eigenvalue weighted by molar-refractivity contribution is 6.07. The van der Waals surface area contributed by atoms with Crippen LogP contribution in [-0.2, 0) is 6.54 Å². The Kier molecular flexibility index (Phi) is 4.13. The molecule has 7 nitrogen and oxygen atoms in total. The van der Waals surface area contributed by atoms with Crippen LogP contribution < -0.4 is 10.6 Å². The van der Waals surface area contributed by atoms with Gasteiger partial charge in [0.05, 0.1) is 17.1 Å². The molecule has 1 aliphatic rings. The Hall–Kier alpha value is -3.61. The Bertz CT molecular complexity index is 1320. The van der Waals surface area contributed by atoms with Gasteiger partial charge in [-0.2, -0.15) is 0 Å². The van der Waals surface area contributed by atoms with E-state index in [4.69, 9.17) is 0 Å². The highest BCUT2D eigenvalue weighted by Gasteiger charge is 2.29. The lowest BCUT2D eigenvalue weighted by atomic mass is 10.1. The Morgan fingerprint density at radius 3 is 2.73 bits per heavy atom. The summed E-state index contributed by atoms with van der Waals surface area (Å²) in [6, 6.07) is 15.3. The minimum atomic E-state index is -0.224. The lowest BCUT2D eigenvalue weighted by molar-refractivity contribution is 0.0891. The number of aryl methyl sites for hydroxylation is 1. The number of anilines is 1. The third-order valence-corrected chi connectivity index (χ3v) is 6.02. The van der Waals surface area contributed by atoms with Gasteiger partial charge in [0, 0.05) is 29.1 Å². The van der Waals surface area contributed by atoms with Crippen molar-refractivity contribution in [3.05, 3.63) is 59.8 Å².